The Kier molecular flexibility index (Phi) is 4.89. The maximum atomic E-state index is 5.83. The molecule has 0 aliphatic carbocycles. The van der Waals surface area contributed by atoms with Gasteiger partial charge in [0.15, 0.2) is 0 Å². The van der Waals surface area contributed by atoms with Gasteiger partial charge in [-0.05, 0) is 0 Å². The summed E-state index contributed by atoms with van der Waals surface area (Å²) in [5.74, 6) is 0.992. The van der Waals surface area contributed by atoms with Crippen LogP contribution in [-0.4, -0.2) is 0 Å². The van der Waals surface area contributed by atoms with Crippen molar-refractivity contribution in [2.75, 3.05) is 0 Å². The third kappa shape index (κ3) is 3.64. The molecule has 2 heteroatoms. The van der Waals surface area contributed by atoms with Gasteiger partial charge in [-0.15, -0.1) is 0 Å². The van der Waals surface area contributed by atoms with Crippen molar-refractivity contribution in [1.29, 1.82) is 0 Å². The van der Waals surface area contributed by atoms with Gasteiger partial charge < -0.3 is 0 Å². The normalized spacial score (nSPS) is 12.2. The summed E-state index contributed by atoms with van der Waals surface area (Å²) in [6.07, 6.45) is 0. The molecule has 0 amide bonds. The van der Waals surface area contributed by atoms with Gasteiger partial charge in [0, 0.05) is 0 Å². The average Bonchev–Trinajstić information content (AvgIpc) is 2.44. The molecule has 0 heterocycles. The second kappa shape index (κ2) is 6.22. The molecule has 0 bridgehead atoms. The van der Waals surface area contributed by atoms with Gasteiger partial charge in [0.1, 0.15) is 0 Å². The molecule has 2 aromatic rings. The van der Waals surface area contributed by atoms with Gasteiger partial charge in [-0.3, -0.25) is 0 Å². The van der Waals surface area contributed by atoms with E-state index in [1.807, 2.05) is 6.07 Å². The molecular formula is C20H25OTi. The molecule has 115 valence electrons. The third-order valence-corrected chi connectivity index (χ3v) is 4.27. The van der Waals surface area contributed by atoms with Gasteiger partial charge in [-0.25, -0.2) is 0 Å². The molecule has 0 aliphatic rings. The Morgan fingerprint density at radius 3 is 1.86 bits per heavy atom. The minimum atomic E-state index is 0.0378. The van der Waals surface area contributed by atoms with Crippen LogP contribution in [0.15, 0.2) is 42.5 Å². The molecule has 0 aliphatic heterocycles. The van der Waals surface area contributed by atoms with Gasteiger partial charge >= 0.3 is 147 Å². The first-order valence-corrected chi connectivity index (χ1v) is 8.36. The zero-order chi connectivity index (χ0) is 16.5. The quantitative estimate of drug-likeness (QED) is 0.634. The first-order valence-electron chi connectivity index (χ1n) is 7.72. The van der Waals surface area contributed by atoms with Crippen LogP contribution in [0.2, 0.25) is 0 Å². The summed E-state index contributed by atoms with van der Waals surface area (Å²) in [6, 6.07) is 15.1. The van der Waals surface area contributed by atoms with E-state index in [0.717, 1.165) is 5.75 Å². The van der Waals surface area contributed by atoms with Crippen LogP contribution in [0.3, 0.4) is 0 Å². The Morgan fingerprint density at radius 1 is 0.818 bits per heavy atom. The van der Waals surface area contributed by atoms with Crippen molar-refractivity contribution >= 4 is 0 Å². The Balaban J connectivity index is 2.81. The summed E-state index contributed by atoms with van der Waals surface area (Å²) < 4.78 is 5.83. The van der Waals surface area contributed by atoms with Gasteiger partial charge in [-0.2, -0.15) is 0 Å². The summed E-state index contributed by atoms with van der Waals surface area (Å²) in [4.78, 5) is 0. The number of benzene rings is 2. The SMILES string of the molecule is CC(C)(C)c1cc(-c2ccccc2)c([O][Ti])c(C(C)(C)C)c1. The molecule has 0 aromatic heterocycles. The van der Waals surface area contributed by atoms with E-state index < -0.39 is 0 Å². The summed E-state index contributed by atoms with van der Waals surface area (Å²) in [5.41, 5.74) is 5.14. The van der Waals surface area contributed by atoms with E-state index >= 15 is 0 Å². The molecule has 0 fully saturated rings. The van der Waals surface area contributed by atoms with E-state index in [-0.39, 0.29) is 10.8 Å². The van der Waals surface area contributed by atoms with Crippen LogP contribution in [0.5, 0.6) is 5.75 Å². The van der Waals surface area contributed by atoms with E-state index in [2.05, 4.69) is 77.9 Å². The van der Waals surface area contributed by atoms with Crippen molar-refractivity contribution < 1.29 is 24.1 Å². The predicted octanol–water partition coefficient (Wildman–Crippen LogP) is 5.79. The molecule has 1 nitrogen and oxygen atoms in total. The average molecular weight is 329 g/mol. The summed E-state index contributed by atoms with van der Waals surface area (Å²) >= 11 is 1.77. The predicted molar refractivity (Wildman–Crippen MR) is 89.9 cm³/mol. The molecule has 0 saturated carbocycles. The number of hydrogen-bond acceptors (Lipinski definition) is 1. The molecule has 0 spiro atoms. The molecule has 2 rings (SSSR count). The fourth-order valence-corrected chi connectivity index (χ4v) is 2.90. The molecule has 0 unspecified atom stereocenters. The van der Waals surface area contributed by atoms with Crippen LogP contribution in [0, 0.1) is 0 Å². The van der Waals surface area contributed by atoms with Crippen molar-refractivity contribution in [3.05, 3.63) is 53.6 Å². The first-order chi connectivity index (χ1) is 10.1. The van der Waals surface area contributed by atoms with Crippen LogP contribution in [0.25, 0.3) is 11.1 Å². The summed E-state index contributed by atoms with van der Waals surface area (Å²) in [7, 11) is 0. The van der Waals surface area contributed by atoms with E-state index in [1.54, 1.807) is 20.8 Å². The molecular weight excluding hydrogens is 304 g/mol. The summed E-state index contributed by atoms with van der Waals surface area (Å²) in [6.45, 7) is 13.5. The van der Waals surface area contributed by atoms with Crippen LogP contribution < -0.4 is 3.32 Å². The van der Waals surface area contributed by atoms with E-state index in [1.165, 1.54) is 22.3 Å². The molecule has 0 saturated heterocycles. The van der Waals surface area contributed by atoms with Gasteiger partial charge in [-0.1, -0.05) is 0 Å². The second-order valence-electron chi connectivity index (χ2n) is 7.87. The topological polar surface area (TPSA) is 9.23 Å². The van der Waals surface area contributed by atoms with Gasteiger partial charge in [0.2, 0.25) is 0 Å². The fraction of sp³-hybridized carbons (Fsp3) is 0.400. The van der Waals surface area contributed by atoms with Crippen molar-refractivity contribution in [2.45, 2.75) is 52.4 Å². The Bertz CT molecular complexity index is 646. The maximum absolute atomic E-state index is 5.83. The molecule has 0 radical (unpaired) electrons. The minimum absolute atomic E-state index is 0.0378. The van der Waals surface area contributed by atoms with Crippen molar-refractivity contribution in [3.8, 4) is 16.9 Å². The van der Waals surface area contributed by atoms with Crippen molar-refractivity contribution in [1.82, 2.24) is 0 Å². The Morgan fingerprint density at radius 2 is 1.41 bits per heavy atom. The zero-order valence-electron chi connectivity index (χ0n) is 14.4. The van der Waals surface area contributed by atoms with Crippen LogP contribution >= 0.6 is 0 Å². The summed E-state index contributed by atoms with van der Waals surface area (Å²) in [5, 5.41) is 0. The third-order valence-electron chi connectivity index (χ3n) is 3.95. The van der Waals surface area contributed by atoms with Crippen molar-refractivity contribution in [2.24, 2.45) is 0 Å². The monoisotopic (exact) mass is 329 g/mol. The van der Waals surface area contributed by atoms with E-state index in [9.17, 15) is 0 Å². The second-order valence-corrected chi connectivity index (χ2v) is 8.19. The first kappa shape index (κ1) is 17.3. The van der Waals surface area contributed by atoms with Gasteiger partial charge in [0.05, 0.1) is 0 Å². The van der Waals surface area contributed by atoms with Crippen LogP contribution in [0.4, 0.5) is 0 Å². The standard InChI is InChI=1S/C20H26O.Ti/c1-19(2,3)15-12-16(14-10-8-7-9-11-14)18(21)17(13-15)20(4,5)6;/h7-13,21H,1-6H3;/q;+1/p-1. The Labute approximate surface area is 147 Å². The van der Waals surface area contributed by atoms with E-state index in [0.29, 0.717) is 0 Å². The molecule has 2 aromatic carbocycles. The van der Waals surface area contributed by atoms with Crippen molar-refractivity contribution in [3.63, 3.8) is 0 Å². The van der Waals surface area contributed by atoms with Gasteiger partial charge in [0.25, 0.3) is 0 Å². The molecule has 0 N–H and O–H groups in total. The Hall–Kier alpha value is -1.05. The number of hydrogen-bond donors (Lipinski definition) is 0. The number of rotatable bonds is 2. The molecule has 0 atom stereocenters. The van der Waals surface area contributed by atoms with E-state index in [4.69, 9.17) is 3.32 Å². The zero-order valence-corrected chi connectivity index (χ0v) is 16.0. The van der Waals surface area contributed by atoms with Crippen LogP contribution in [-0.2, 0) is 31.7 Å². The van der Waals surface area contributed by atoms with Crippen LogP contribution in [0.1, 0.15) is 52.7 Å². The fourth-order valence-electron chi connectivity index (χ4n) is 2.56. The molecule has 22 heavy (non-hydrogen) atoms.